The smallest absolute Gasteiger partial charge is 0.252 e. The molecule has 1 saturated heterocycles. The maximum absolute atomic E-state index is 13.4. The number of carbonyl (C=O) groups is 1. The second kappa shape index (κ2) is 9.07. The third-order valence-electron chi connectivity index (χ3n) is 5.86. The van der Waals surface area contributed by atoms with E-state index < -0.39 is 0 Å². The molecule has 1 amide bonds. The second-order valence-corrected chi connectivity index (χ2v) is 8.45. The Kier molecular flexibility index (Phi) is 5.84. The lowest BCUT2D eigenvalue weighted by Crippen LogP contribution is -2.40. The van der Waals surface area contributed by atoms with E-state index in [1.807, 2.05) is 66.7 Å². The van der Waals surface area contributed by atoms with Gasteiger partial charge in [-0.2, -0.15) is 0 Å². The van der Waals surface area contributed by atoms with Crippen LogP contribution in [0.15, 0.2) is 79.1 Å². The molecule has 2 atom stereocenters. The maximum atomic E-state index is 13.4. The number of nitrogens with one attached hydrogen (secondary N) is 1. The molecule has 0 aliphatic carbocycles. The molecule has 2 aromatic heterocycles. The van der Waals surface area contributed by atoms with Gasteiger partial charge in [-0.3, -0.25) is 9.78 Å². The normalized spacial score (nSPS) is 18.0. The average molecular weight is 444 g/mol. The molecule has 1 N–H and O–H groups in total. The van der Waals surface area contributed by atoms with Crippen molar-refractivity contribution in [1.29, 1.82) is 0 Å². The minimum atomic E-state index is -0.117. The maximum Gasteiger partial charge on any atom is 0.252 e. The average Bonchev–Trinajstić information content (AvgIpc) is 3.25. The standard InChI is InChI=1S/C26H22ClN3O2/c27-20-7-5-18(6-8-20)24-14-22(21-3-1-2-4-23(21)29-24)26(31)30-25-16-32-15-19(25)13-17-9-11-28-12-10-17/h1-12,14,19,25H,13,15-16H2,(H,30,31)/t19-,25-/m1/s1. The minimum Gasteiger partial charge on any atom is -0.379 e. The molecule has 0 unspecified atom stereocenters. The summed E-state index contributed by atoms with van der Waals surface area (Å²) in [5.41, 5.74) is 4.22. The van der Waals surface area contributed by atoms with Gasteiger partial charge in [0.15, 0.2) is 0 Å². The van der Waals surface area contributed by atoms with E-state index in [9.17, 15) is 4.79 Å². The van der Waals surface area contributed by atoms with Crippen LogP contribution in [0.3, 0.4) is 0 Å². The van der Waals surface area contributed by atoms with E-state index in [2.05, 4.69) is 10.3 Å². The van der Waals surface area contributed by atoms with Crippen molar-refractivity contribution in [2.45, 2.75) is 12.5 Å². The zero-order chi connectivity index (χ0) is 21.9. The van der Waals surface area contributed by atoms with E-state index in [0.29, 0.717) is 23.8 Å². The van der Waals surface area contributed by atoms with Crippen molar-refractivity contribution in [3.63, 3.8) is 0 Å². The van der Waals surface area contributed by atoms with Gasteiger partial charge in [0.25, 0.3) is 5.91 Å². The summed E-state index contributed by atoms with van der Waals surface area (Å²) in [7, 11) is 0. The van der Waals surface area contributed by atoms with Crippen LogP contribution in [-0.2, 0) is 11.2 Å². The zero-order valence-corrected chi connectivity index (χ0v) is 18.1. The van der Waals surface area contributed by atoms with Crippen molar-refractivity contribution < 1.29 is 9.53 Å². The molecule has 5 nitrogen and oxygen atoms in total. The van der Waals surface area contributed by atoms with Crippen LogP contribution < -0.4 is 5.32 Å². The van der Waals surface area contributed by atoms with Gasteiger partial charge in [0.2, 0.25) is 0 Å². The number of fused-ring (bicyclic) bond motifs is 1. The second-order valence-electron chi connectivity index (χ2n) is 8.02. The van der Waals surface area contributed by atoms with Crippen LogP contribution >= 0.6 is 11.6 Å². The predicted octanol–water partition coefficient (Wildman–Crippen LogP) is 4.94. The first-order chi connectivity index (χ1) is 15.7. The number of halogens is 1. The largest absolute Gasteiger partial charge is 0.379 e. The molecule has 32 heavy (non-hydrogen) atoms. The molecule has 0 radical (unpaired) electrons. The van der Waals surface area contributed by atoms with E-state index in [1.54, 1.807) is 12.4 Å². The van der Waals surface area contributed by atoms with Crippen LogP contribution in [0.25, 0.3) is 22.2 Å². The summed E-state index contributed by atoms with van der Waals surface area (Å²) in [4.78, 5) is 22.3. The monoisotopic (exact) mass is 443 g/mol. The van der Waals surface area contributed by atoms with E-state index in [4.69, 9.17) is 21.3 Å². The molecule has 3 heterocycles. The number of aromatic nitrogens is 2. The summed E-state index contributed by atoms with van der Waals surface area (Å²) in [6, 6.07) is 21.0. The summed E-state index contributed by atoms with van der Waals surface area (Å²) in [6.45, 7) is 1.13. The van der Waals surface area contributed by atoms with Gasteiger partial charge in [-0.05, 0) is 48.4 Å². The first-order valence-corrected chi connectivity index (χ1v) is 11.0. The SMILES string of the molecule is O=C(N[C@@H]1COC[C@H]1Cc1ccncc1)c1cc(-c2ccc(Cl)cc2)nc2ccccc12. The first kappa shape index (κ1) is 20.6. The van der Waals surface area contributed by atoms with Crippen molar-refractivity contribution in [1.82, 2.24) is 15.3 Å². The quantitative estimate of drug-likeness (QED) is 0.474. The van der Waals surface area contributed by atoms with Crippen molar-refractivity contribution in [2.75, 3.05) is 13.2 Å². The topological polar surface area (TPSA) is 64.1 Å². The molecule has 1 fully saturated rings. The van der Waals surface area contributed by atoms with Gasteiger partial charge in [0.1, 0.15) is 0 Å². The van der Waals surface area contributed by atoms with Gasteiger partial charge in [0, 0.05) is 34.3 Å². The highest BCUT2D eigenvalue weighted by atomic mass is 35.5. The number of pyridine rings is 2. The fourth-order valence-corrected chi connectivity index (χ4v) is 4.28. The molecule has 160 valence electrons. The highest BCUT2D eigenvalue weighted by molar-refractivity contribution is 6.30. The van der Waals surface area contributed by atoms with Crippen molar-refractivity contribution in [3.05, 3.63) is 95.3 Å². The Morgan fingerprint density at radius 1 is 1.03 bits per heavy atom. The Hall–Kier alpha value is -3.28. The summed E-state index contributed by atoms with van der Waals surface area (Å²) in [5.74, 6) is 0.0965. The molecule has 0 bridgehead atoms. The van der Waals surface area contributed by atoms with Gasteiger partial charge in [-0.25, -0.2) is 4.98 Å². The number of nitrogens with zero attached hydrogens (tertiary/aromatic N) is 2. The van der Waals surface area contributed by atoms with Crippen LogP contribution in [0, 0.1) is 5.92 Å². The molecule has 5 rings (SSSR count). The number of para-hydroxylation sites is 1. The highest BCUT2D eigenvalue weighted by Crippen LogP contribution is 2.27. The first-order valence-electron chi connectivity index (χ1n) is 10.6. The van der Waals surface area contributed by atoms with Gasteiger partial charge >= 0.3 is 0 Å². The van der Waals surface area contributed by atoms with E-state index in [1.165, 1.54) is 5.56 Å². The van der Waals surface area contributed by atoms with E-state index in [0.717, 1.165) is 28.6 Å². The Labute approximate surface area is 191 Å². The molecule has 0 spiro atoms. The van der Waals surface area contributed by atoms with Crippen molar-refractivity contribution >= 4 is 28.4 Å². The van der Waals surface area contributed by atoms with Crippen LogP contribution in [0.5, 0.6) is 0 Å². The van der Waals surface area contributed by atoms with Gasteiger partial charge in [0.05, 0.1) is 36.0 Å². The summed E-state index contributed by atoms with van der Waals surface area (Å²) in [5, 5.41) is 4.70. The number of hydrogen-bond acceptors (Lipinski definition) is 4. The Morgan fingerprint density at radius 3 is 2.62 bits per heavy atom. The third kappa shape index (κ3) is 4.35. The zero-order valence-electron chi connectivity index (χ0n) is 17.4. The fourth-order valence-electron chi connectivity index (χ4n) is 4.16. The third-order valence-corrected chi connectivity index (χ3v) is 6.11. The van der Waals surface area contributed by atoms with Crippen LogP contribution in [0.4, 0.5) is 0 Å². The summed E-state index contributed by atoms with van der Waals surface area (Å²) >= 11 is 6.04. The molecule has 6 heteroatoms. The molecule has 4 aromatic rings. The predicted molar refractivity (Wildman–Crippen MR) is 126 cm³/mol. The molecular formula is C26H22ClN3O2. The number of amides is 1. The lowest BCUT2D eigenvalue weighted by molar-refractivity contribution is 0.0926. The Morgan fingerprint density at radius 2 is 1.81 bits per heavy atom. The van der Waals surface area contributed by atoms with E-state index in [-0.39, 0.29) is 17.9 Å². The molecule has 1 aliphatic heterocycles. The number of benzene rings is 2. The van der Waals surface area contributed by atoms with Gasteiger partial charge < -0.3 is 10.1 Å². The van der Waals surface area contributed by atoms with Gasteiger partial charge in [-0.1, -0.05) is 41.9 Å². The fraction of sp³-hybridized carbons (Fsp3) is 0.192. The number of carbonyl (C=O) groups excluding carboxylic acids is 1. The molecule has 1 aliphatic rings. The van der Waals surface area contributed by atoms with Crippen LogP contribution in [0.1, 0.15) is 15.9 Å². The minimum absolute atomic E-state index is 0.0541. The Balaban J connectivity index is 1.44. The molecule has 2 aromatic carbocycles. The number of hydrogen-bond donors (Lipinski definition) is 1. The highest BCUT2D eigenvalue weighted by Gasteiger charge is 2.30. The van der Waals surface area contributed by atoms with E-state index >= 15 is 0 Å². The Bertz CT molecular complexity index is 1250. The molecular weight excluding hydrogens is 422 g/mol. The number of ether oxygens (including phenoxy) is 1. The lowest BCUT2D eigenvalue weighted by Gasteiger charge is -2.20. The van der Waals surface area contributed by atoms with Crippen molar-refractivity contribution in [3.8, 4) is 11.3 Å². The van der Waals surface area contributed by atoms with Crippen molar-refractivity contribution in [2.24, 2.45) is 5.92 Å². The molecule has 0 saturated carbocycles. The van der Waals surface area contributed by atoms with Crippen LogP contribution in [-0.4, -0.2) is 35.1 Å². The van der Waals surface area contributed by atoms with Gasteiger partial charge in [-0.15, -0.1) is 0 Å². The summed E-state index contributed by atoms with van der Waals surface area (Å²) < 4.78 is 5.72. The summed E-state index contributed by atoms with van der Waals surface area (Å²) in [6.07, 6.45) is 4.42. The lowest BCUT2D eigenvalue weighted by atomic mass is 9.95. The number of rotatable bonds is 5. The van der Waals surface area contributed by atoms with Crippen LogP contribution in [0.2, 0.25) is 5.02 Å².